The largest absolute Gasteiger partial charge is 0.394 e. The van der Waals surface area contributed by atoms with Crippen molar-refractivity contribution < 1.29 is 58.7 Å². The van der Waals surface area contributed by atoms with Crippen molar-refractivity contribution in [3.8, 4) is 0 Å². The van der Waals surface area contributed by atoms with E-state index in [0.29, 0.717) is 38.6 Å². The highest BCUT2D eigenvalue weighted by atomic mass is 16.7. The Kier molecular flexibility index (Phi) is 10.3. The number of carbonyl (C=O) groups is 1. The first-order valence-corrected chi connectivity index (χ1v) is 13.4. The summed E-state index contributed by atoms with van der Waals surface area (Å²) in [7, 11) is 0. The molecule has 1 aliphatic carbocycles. The zero-order valence-electron chi connectivity index (χ0n) is 21.4. The summed E-state index contributed by atoms with van der Waals surface area (Å²) in [6, 6.07) is 0. The van der Waals surface area contributed by atoms with E-state index in [1.165, 1.54) is 0 Å². The summed E-state index contributed by atoms with van der Waals surface area (Å²) in [6.45, 7) is 3.45. The molecule has 6 unspecified atom stereocenters. The van der Waals surface area contributed by atoms with Crippen LogP contribution < -0.4 is 0 Å². The summed E-state index contributed by atoms with van der Waals surface area (Å²) in [5.41, 5.74) is 0. The van der Waals surface area contributed by atoms with Crippen LogP contribution in [0.2, 0.25) is 0 Å². The lowest BCUT2D eigenvalue weighted by atomic mass is 9.85. The Morgan fingerprint density at radius 2 is 1.59 bits per heavy atom. The molecule has 0 spiro atoms. The average Bonchev–Trinajstić information content (AvgIpc) is 3.00. The number of rotatable bonds is 6. The third-order valence-electron chi connectivity index (χ3n) is 7.96. The van der Waals surface area contributed by atoms with E-state index in [4.69, 9.17) is 28.4 Å². The van der Waals surface area contributed by atoms with Gasteiger partial charge in [0.05, 0.1) is 24.9 Å². The second-order valence-electron chi connectivity index (χ2n) is 10.7. The molecule has 0 bridgehead atoms. The number of aliphatic hydroxyl groups is 5. The summed E-state index contributed by atoms with van der Waals surface area (Å²) in [6.07, 6.45) is -8.01. The van der Waals surface area contributed by atoms with Gasteiger partial charge in [0.2, 0.25) is 0 Å². The lowest BCUT2D eigenvalue weighted by molar-refractivity contribution is -0.351. The molecule has 5 N–H and O–H groups in total. The third-order valence-corrected chi connectivity index (χ3v) is 7.96. The van der Waals surface area contributed by atoms with Crippen LogP contribution in [0, 0.1) is 5.92 Å². The van der Waals surface area contributed by atoms with E-state index in [1.54, 1.807) is 6.92 Å². The lowest BCUT2D eigenvalue weighted by Crippen LogP contribution is -2.63. The van der Waals surface area contributed by atoms with Gasteiger partial charge in [-0.05, 0) is 44.9 Å². The molecule has 3 saturated heterocycles. The number of aldehydes is 1. The van der Waals surface area contributed by atoms with Crippen LogP contribution in [0.3, 0.4) is 0 Å². The van der Waals surface area contributed by atoms with Crippen molar-refractivity contribution in [2.75, 3.05) is 13.2 Å². The van der Waals surface area contributed by atoms with Gasteiger partial charge in [0.1, 0.15) is 55.1 Å². The van der Waals surface area contributed by atoms with Crippen LogP contribution in [0.5, 0.6) is 0 Å². The molecule has 0 aromatic carbocycles. The third kappa shape index (κ3) is 6.52. The number of fused-ring (bicyclic) bond motifs is 1. The minimum atomic E-state index is -1.45. The molecule has 0 amide bonds. The van der Waals surface area contributed by atoms with Gasteiger partial charge in [0.25, 0.3) is 0 Å². The molecule has 1 saturated carbocycles. The maximum absolute atomic E-state index is 11.6. The first-order valence-electron chi connectivity index (χ1n) is 13.4. The fraction of sp³-hybridized carbons (Fsp3) is 0.960. The first kappa shape index (κ1) is 29.2. The van der Waals surface area contributed by atoms with Gasteiger partial charge in [0, 0.05) is 6.61 Å². The van der Waals surface area contributed by atoms with E-state index in [-0.39, 0.29) is 5.92 Å². The van der Waals surface area contributed by atoms with Crippen molar-refractivity contribution in [3.63, 3.8) is 0 Å². The topological polar surface area (TPSA) is 174 Å². The van der Waals surface area contributed by atoms with Crippen LogP contribution in [-0.4, -0.2) is 125 Å². The summed E-state index contributed by atoms with van der Waals surface area (Å²) < 4.78 is 36.2. The van der Waals surface area contributed by atoms with Crippen LogP contribution in [-0.2, 0) is 33.2 Å². The Labute approximate surface area is 216 Å². The van der Waals surface area contributed by atoms with Crippen molar-refractivity contribution >= 4 is 6.29 Å². The molecule has 4 fully saturated rings. The van der Waals surface area contributed by atoms with Gasteiger partial charge in [-0.15, -0.1) is 0 Å². The van der Waals surface area contributed by atoms with Gasteiger partial charge < -0.3 is 58.7 Å². The van der Waals surface area contributed by atoms with Gasteiger partial charge in [-0.1, -0.05) is 13.3 Å². The number of hydrogen-bond acceptors (Lipinski definition) is 12. The predicted octanol–water partition coefficient (Wildman–Crippen LogP) is -0.996. The van der Waals surface area contributed by atoms with E-state index < -0.39 is 86.3 Å². The molecule has 37 heavy (non-hydrogen) atoms. The quantitative estimate of drug-likeness (QED) is 0.264. The number of ether oxygens (including phenoxy) is 6. The van der Waals surface area contributed by atoms with Crippen LogP contribution in [0.25, 0.3) is 0 Å². The summed E-state index contributed by atoms with van der Waals surface area (Å²) >= 11 is 0. The Bertz CT molecular complexity index is 726. The van der Waals surface area contributed by atoms with Gasteiger partial charge >= 0.3 is 0 Å². The fourth-order valence-corrected chi connectivity index (χ4v) is 5.68. The summed E-state index contributed by atoms with van der Waals surface area (Å²) in [4.78, 5) is 11.6. The van der Waals surface area contributed by atoms with Crippen molar-refractivity contribution in [2.24, 2.45) is 5.92 Å². The molecule has 0 aromatic heterocycles. The smallest absolute Gasteiger partial charge is 0.187 e. The van der Waals surface area contributed by atoms with Crippen molar-refractivity contribution in [1.82, 2.24) is 0 Å². The van der Waals surface area contributed by atoms with Gasteiger partial charge in [-0.2, -0.15) is 0 Å². The van der Waals surface area contributed by atoms with Gasteiger partial charge in [0.15, 0.2) is 12.6 Å². The lowest BCUT2D eigenvalue weighted by Gasteiger charge is -2.47. The fourth-order valence-electron chi connectivity index (χ4n) is 5.68. The molecule has 214 valence electrons. The van der Waals surface area contributed by atoms with Gasteiger partial charge in [-0.25, -0.2) is 0 Å². The van der Waals surface area contributed by atoms with E-state index >= 15 is 0 Å². The normalized spacial score (nSPS) is 49.8. The number of hydrogen-bond donors (Lipinski definition) is 5. The molecule has 14 atom stereocenters. The van der Waals surface area contributed by atoms with Crippen molar-refractivity contribution in [2.45, 2.75) is 132 Å². The monoisotopic (exact) mass is 534 g/mol. The van der Waals surface area contributed by atoms with E-state index in [9.17, 15) is 30.3 Å². The highest BCUT2D eigenvalue weighted by Crippen LogP contribution is 2.36. The van der Waals surface area contributed by atoms with Crippen molar-refractivity contribution in [1.29, 1.82) is 0 Å². The number of carbonyl (C=O) groups excluding carboxylic acids is 1. The molecule has 4 rings (SSSR count). The zero-order valence-corrected chi connectivity index (χ0v) is 21.4. The van der Waals surface area contributed by atoms with E-state index in [1.807, 2.05) is 6.92 Å². The van der Waals surface area contributed by atoms with E-state index in [2.05, 4.69) is 0 Å². The van der Waals surface area contributed by atoms with E-state index in [0.717, 1.165) is 12.8 Å². The molecular weight excluding hydrogens is 492 g/mol. The Hall–Kier alpha value is -0.770. The zero-order chi connectivity index (χ0) is 26.7. The molecule has 0 aromatic rings. The Morgan fingerprint density at radius 3 is 2.32 bits per heavy atom. The molecule has 3 aliphatic heterocycles. The highest BCUT2D eigenvalue weighted by Gasteiger charge is 2.51. The Balaban J connectivity index is 1.53. The molecule has 3 heterocycles. The Morgan fingerprint density at radius 1 is 0.811 bits per heavy atom. The second-order valence-corrected chi connectivity index (χ2v) is 10.7. The van der Waals surface area contributed by atoms with Crippen LogP contribution in [0.15, 0.2) is 0 Å². The van der Waals surface area contributed by atoms with Crippen LogP contribution in [0.4, 0.5) is 0 Å². The van der Waals surface area contributed by atoms with Crippen LogP contribution in [0.1, 0.15) is 52.4 Å². The molecular formula is C25H42O12. The number of aliphatic hydroxyl groups excluding tert-OH is 5. The van der Waals surface area contributed by atoms with Crippen LogP contribution >= 0.6 is 0 Å². The predicted molar refractivity (Wildman–Crippen MR) is 125 cm³/mol. The molecule has 12 nitrogen and oxygen atoms in total. The minimum Gasteiger partial charge on any atom is -0.394 e. The molecule has 12 heteroatoms. The SMILES string of the molecule is CC1O[C@@H](O[C@@H]2C(C)CCC[C@H]2O[C@@H]2OC(CO)[C@H](O)C3O[C@@H](C=O)CCCCOC32)[C@@H](O)C(O)[C@@H]1O. The first-order chi connectivity index (χ1) is 17.7. The standard InChI is InChI=1S/C25H42O12/c1-12-6-5-8-15(21(12)37-24-20(31)19(30)17(28)13(2)33-24)35-25-23-22(18(29)16(11-27)36-25)34-14(10-26)7-3-4-9-32-23/h10,12-25,27-31H,3-9,11H2,1-2H3/t12?,13?,14-,15-,16?,17-,18+,19?,20+,21-,22?,23?,24+,25-/m1/s1. The summed E-state index contributed by atoms with van der Waals surface area (Å²) in [5.74, 6) is 0.00427. The van der Waals surface area contributed by atoms with Crippen molar-refractivity contribution in [3.05, 3.63) is 0 Å². The maximum Gasteiger partial charge on any atom is 0.187 e. The van der Waals surface area contributed by atoms with Gasteiger partial charge in [-0.3, -0.25) is 0 Å². The molecule has 4 aliphatic rings. The second kappa shape index (κ2) is 13.1. The minimum absolute atomic E-state index is 0.00427. The summed E-state index contributed by atoms with van der Waals surface area (Å²) in [5, 5.41) is 51.4. The average molecular weight is 535 g/mol. The maximum atomic E-state index is 11.6. The molecule has 0 radical (unpaired) electrons. The highest BCUT2D eigenvalue weighted by molar-refractivity contribution is 5.55.